The van der Waals surface area contributed by atoms with Crippen molar-refractivity contribution in [2.24, 2.45) is 5.92 Å². The maximum absolute atomic E-state index is 13.4. The molecule has 0 radical (unpaired) electrons. The van der Waals surface area contributed by atoms with Gasteiger partial charge in [-0.25, -0.2) is 9.83 Å². The highest BCUT2D eigenvalue weighted by Crippen LogP contribution is 2.33. The number of piperidine rings is 1. The summed E-state index contributed by atoms with van der Waals surface area (Å²) in [4.78, 5) is 61.2. The molecule has 3 aromatic carbocycles. The summed E-state index contributed by atoms with van der Waals surface area (Å²) in [5.74, 6) is 5.97. The van der Waals surface area contributed by atoms with Gasteiger partial charge in [0.25, 0.3) is 11.5 Å². The molecule has 4 heterocycles. The van der Waals surface area contributed by atoms with Crippen molar-refractivity contribution < 1.29 is 14.4 Å². The molecule has 2 saturated heterocycles. The van der Waals surface area contributed by atoms with Crippen molar-refractivity contribution in [3.8, 4) is 11.8 Å². The number of anilines is 2. The molecular weight excluding hydrogens is 620 g/mol. The van der Waals surface area contributed by atoms with Crippen molar-refractivity contribution in [2.45, 2.75) is 45.2 Å². The van der Waals surface area contributed by atoms with Crippen LogP contribution in [0.25, 0.3) is 26.5 Å². The van der Waals surface area contributed by atoms with E-state index in [0.29, 0.717) is 46.8 Å². The molecule has 244 valence electrons. The van der Waals surface area contributed by atoms with Crippen molar-refractivity contribution in [1.82, 2.24) is 24.6 Å². The number of carbonyl (C=O) groups excluding carboxylic acids is 3. The zero-order chi connectivity index (χ0) is 34.4. The lowest BCUT2D eigenvalue weighted by Gasteiger charge is -2.38. The topological polar surface area (TPSA) is 136 Å². The predicted octanol–water partition coefficient (Wildman–Crippen LogP) is 4.44. The highest BCUT2D eigenvalue weighted by molar-refractivity contribution is 6.08. The minimum Gasteiger partial charge on any atom is -0.369 e. The first-order valence-corrected chi connectivity index (χ1v) is 15.9. The van der Waals surface area contributed by atoms with Crippen molar-refractivity contribution in [1.29, 1.82) is 0 Å². The minimum absolute atomic E-state index is 0.122. The SMILES string of the molecule is [C-]#[N+]c1ccc(NC(=O)C(C)(C)n2cc(C#CC3CN(c4ccc5c(=O)n(C6CCC(=O)NC6=O)c(C)nc5c4)C3)cn2)c2ccccc12. The van der Waals surface area contributed by atoms with Crippen LogP contribution in [-0.2, 0) is 19.9 Å². The van der Waals surface area contributed by atoms with Crippen molar-refractivity contribution in [3.63, 3.8) is 0 Å². The molecule has 0 aliphatic carbocycles. The fourth-order valence-corrected chi connectivity index (χ4v) is 6.32. The van der Waals surface area contributed by atoms with Gasteiger partial charge in [0.05, 0.1) is 35.2 Å². The van der Waals surface area contributed by atoms with Crippen LogP contribution in [0, 0.1) is 31.3 Å². The quantitative estimate of drug-likeness (QED) is 0.163. The molecular formula is C37H32N8O4. The second kappa shape index (κ2) is 12.1. The first kappa shape index (κ1) is 31.3. The summed E-state index contributed by atoms with van der Waals surface area (Å²) >= 11 is 0. The van der Waals surface area contributed by atoms with E-state index < -0.39 is 17.5 Å². The average molecular weight is 653 g/mol. The van der Waals surface area contributed by atoms with Crippen LogP contribution in [0.4, 0.5) is 17.1 Å². The Hall–Kier alpha value is -6.27. The molecule has 2 N–H and O–H groups in total. The number of hydrogen-bond donors (Lipinski definition) is 2. The Morgan fingerprint density at radius 2 is 1.84 bits per heavy atom. The van der Waals surface area contributed by atoms with Gasteiger partial charge in [0.15, 0.2) is 5.69 Å². The van der Waals surface area contributed by atoms with Crippen LogP contribution in [0.3, 0.4) is 0 Å². The van der Waals surface area contributed by atoms with Crippen LogP contribution in [0.2, 0.25) is 0 Å². The summed E-state index contributed by atoms with van der Waals surface area (Å²) in [7, 11) is 0. The number of nitrogens with one attached hydrogen (secondary N) is 2. The van der Waals surface area contributed by atoms with Gasteiger partial charge in [0.1, 0.15) is 17.4 Å². The van der Waals surface area contributed by atoms with E-state index in [1.54, 1.807) is 56.0 Å². The van der Waals surface area contributed by atoms with Crippen LogP contribution in [-0.4, -0.2) is 50.1 Å². The predicted molar refractivity (Wildman–Crippen MR) is 185 cm³/mol. The van der Waals surface area contributed by atoms with Crippen molar-refractivity contribution in [2.75, 3.05) is 23.3 Å². The van der Waals surface area contributed by atoms with Gasteiger partial charge in [-0.1, -0.05) is 42.2 Å². The molecule has 2 aliphatic heterocycles. The molecule has 7 rings (SSSR count). The Morgan fingerprint density at radius 3 is 2.59 bits per heavy atom. The number of nitrogens with zero attached hydrogens (tertiary/aromatic N) is 6. The van der Waals surface area contributed by atoms with E-state index in [4.69, 9.17) is 6.57 Å². The molecule has 0 spiro atoms. The zero-order valence-corrected chi connectivity index (χ0v) is 27.2. The maximum Gasteiger partial charge on any atom is 0.262 e. The number of aryl methyl sites for hydroxylation is 1. The third-order valence-electron chi connectivity index (χ3n) is 9.23. The number of imide groups is 1. The second-order valence-corrected chi connectivity index (χ2v) is 12.9. The van der Waals surface area contributed by atoms with Gasteiger partial charge in [-0.2, -0.15) is 5.10 Å². The highest BCUT2D eigenvalue weighted by Gasteiger charge is 2.32. The first-order chi connectivity index (χ1) is 23.5. The van der Waals surface area contributed by atoms with Crippen LogP contribution in [0.1, 0.15) is 44.1 Å². The molecule has 12 heteroatoms. The normalized spacial score (nSPS) is 16.4. The Kier molecular flexibility index (Phi) is 7.72. The first-order valence-electron chi connectivity index (χ1n) is 15.9. The largest absolute Gasteiger partial charge is 0.369 e. The van der Waals surface area contributed by atoms with Crippen LogP contribution < -0.4 is 21.1 Å². The van der Waals surface area contributed by atoms with Gasteiger partial charge in [0.2, 0.25) is 11.8 Å². The third-order valence-corrected chi connectivity index (χ3v) is 9.23. The summed E-state index contributed by atoms with van der Waals surface area (Å²) in [6, 6.07) is 15.7. The van der Waals surface area contributed by atoms with E-state index in [1.807, 2.05) is 36.4 Å². The maximum atomic E-state index is 13.4. The summed E-state index contributed by atoms with van der Waals surface area (Å²) in [6.45, 7) is 14.1. The molecule has 3 amide bonds. The van der Waals surface area contributed by atoms with Crippen LogP contribution >= 0.6 is 0 Å². The summed E-state index contributed by atoms with van der Waals surface area (Å²) in [5, 5.41) is 11.8. The number of rotatable bonds is 5. The van der Waals surface area contributed by atoms with Gasteiger partial charge >= 0.3 is 0 Å². The molecule has 5 aromatic rings. The zero-order valence-electron chi connectivity index (χ0n) is 27.2. The second-order valence-electron chi connectivity index (χ2n) is 12.9. The number of carbonyl (C=O) groups is 3. The summed E-state index contributed by atoms with van der Waals surface area (Å²) in [6.07, 6.45) is 3.85. The smallest absolute Gasteiger partial charge is 0.262 e. The molecule has 2 aliphatic rings. The molecule has 1 unspecified atom stereocenters. The number of aromatic nitrogens is 4. The van der Waals surface area contributed by atoms with Crippen LogP contribution in [0.15, 0.2) is 71.8 Å². The number of hydrogen-bond acceptors (Lipinski definition) is 7. The van der Waals surface area contributed by atoms with E-state index in [9.17, 15) is 19.2 Å². The Balaban J connectivity index is 1.01. The molecule has 49 heavy (non-hydrogen) atoms. The molecule has 1 atom stereocenters. The van der Waals surface area contributed by atoms with E-state index >= 15 is 0 Å². The molecule has 2 fully saturated rings. The third kappa shape index (κ3) is 5.68. The Bertz CT molecular complexity index is 2370. The van der Waals surface area contributed by atoms with E-state index in [1.165, 1.54) is 4.57 Å². The lowest BCUT2D eigenvalue weighted by molar-refractivity contribution is -0.135. The van der Waals surface area contributed by atoms with Crippen molar-refractivity contribution >= 4 is 56.5 Å². The number of fused-ring (bicyclic) bond motifs is 2. The van der Waals surface area contributed by atoms with Gasteiger partial charge in [0, 0.05) is 37.1 Å². The molecule has 2 aromatic heterocycles. The van der Waals surface area contributed by atoms with Crippen molar-refractivity contribution in [3.05, 3.63) is 100 Å². The molecule has 0 saturated carbocycles. The lowest BCUT2D eigenvalue weighted by atomic mass is 9.99. The minimum atomic E-state index is -1.01. The summed E-state index contributed by atoms with van der Waals surface area (Å²) in [5.41, 5.74) is 2.01. The van der Waals surface area contributed by atoms with Gasteiger partial charge in [-0.05, 0) is 62.2 Å². The molecule has 12 nitrogen and oxygen atoms in total. The van der Waals surface area contributed by atoms with E-state index in [0.717, 1.165) is 16.5 Å². The monoisotopic (exact) mass is 652 g/mol. The number of benzene rings is 3. The molecule has 0 bridgehead atoms. The fourth-order valence-electron chi connectivity index (χ4n) is 6.32. The average Bonchev–Trinajstić information content (AvgIpc) is 3.55. The van der Waals surface area contributed by atoms with E-state index in [-0.39, 0.29) is 36.1 Å². The van der Waals surface area contributed by atoms with E-state index in [2.05, 4.69) is 42.3 Å². The Morgan fingerprint density at radius 1 is 1.06 bits per heavy atom. The van der Waals surface area contributed by atoms with Gasteiger partial charge in [-0.15, -0.1) is 0 Å². The number of amides is 3. The standard InChI is InChI=1S/C37H32N8O4/c1-22-40-31-17-25(11-12-28(31)35(48)45(22)32-15-16-33(46)42-34(32)47)43-19-24(20-43)10-9-23-18-39-44(21-23)37(2,3)36(49)41-30-14-13-29(38-4)26-7-5-6-8-27(26)30/h5-8,11-14,17-18,21,24,32H,15-16,19-20H2,1-3H3,(H,41,49)(H,42,46,47). The lowest BCUT2D eigenvalue weighted by Crippen LogP contribution is -2.46. The van der Waals surface area contributed by atoms with Gasteiger partial charge in [-0.3, -0.25) is 33.7 Å². The van der Waals surface area contributed by atoms with Crippen LogP contribution in [0.5, 0.6) is 0 Å². The van der Waals surface area contributed by atoms with Gasteiger partial charge < -0.3 is 10.2 Å². The highest BCUT2D eigenvalue weighted by atomic mass is 16.2. The fraction of sp³-hybridized carbons (Fsp3) is 0.270. The summed E-state index contributed by atoms with van der Waals surface area (Å²) < 4.78 is 2.99. The Labute approximate surface area is 281 Å².